The van der Waals surface area contributed by atoms with Gasteiger partial charge in [0.25, 0.3) is 11.8 Å². The van der Waals surface area contributed by atoms with Crippen molar-refractivity contribution in [3.05, 3.63) is 86.7 Å². The molecule has 3 aromatic carbocycles. The summed E-state index contributed by atoms with van der Waals surface area (Å²) in [5.74, 6) is 0.546. The molecule has 1 fully saturated rings. The first-order chi connectivity index (χ1) is 18.2. The van der Waals surface area contributed by atoms with Crippen molar-refractivity contribution < 1.29 is 19.1 Å². The van der Waals surface area contributed by atoms with E-state index < -0.39 is 0 Å². The number of nitrogens with one attached hydrogen (secondary N) is 1. The molecule has 0 aliphatic carbocycles. The lowest BCUT2D eigenvalue weighted by atomic mass is 10.0. The van der Waals surface area contributed by atoms with Crippen LogP contribution in [-0.2, 0) is 9.59 Å². The van der Waals surface area contributed by atoms with E-state index in [4.69, 9.17) is 44.9 Å². The summed E-state index contributed by atoms with van der Waals surface area (Å²) in [5.41, 5.74) is 3.06. The third-order valence-corrected chi connectivity index (χ3v) is 7.70. The van der Waals surface area contributed by atoms with E-state index in [0.29, 0.717) is 42.0 Å². The summed E-state index contributed by atoms with van der Waals surface area (Å²) in [7, 11) is 1.51. The number of thioether (sulfide) groups is 1. The van der Waals surface area contributed by atoms with Crippen LogP contribution in [0.2, 0.25) is 10.0 Å². The first-order valence-corrected chi connectivity index (χ1v) is 13.6. The number of anilines is 2. The van der Waals surface area contributed by atoms with Gasteiger partial charge in [-0.2, -0.15) is 0 Å². The van der Waals surface area contributed by atoms with Gasteiger partial charge in [-0.15, -0.1) is 0 Å². The fourth-order valence-corrected chi connectivity index (χ4v) is 5.39. The summed E-state index contributed by atoms with van der Waals surface area (Å²) >= 11 is 18.7. The highest BCUT2D eigenvalue weighted by Gasteiger charge is 2.33. The quantitative estimate of drug-likeness (QED) is 0.217. The maximum absolute atomic E-state index is 13.1. The predicted molar refractivity (Wildman–Crippen MR) is 160 cm³/mol. The lowest BCUT2D eigenvalue weighted by Crippen LogP contribution is -2.27. The van der Waals surface area contributed by atoms with Crippen LogP contribution in [0.1, 0.15) is 30.9 Å². The highest BCUT2D eigenvalue weighted by Crippen LogP contribution is 2.39. The molecule has 1 heterocycles. The van der Waals surface area contributed by atoms with Crippen LogP contribution < -0.4 is 19.7 Å². The van der Waals surface area contributed by atoms with Crippen LogP contribution in [0.15, 0.2) is 65.6 Å². The summed E-state index contributed by atoms with van der Waals surface area (Å²) in [4.78, 5) is 27.5. The fraction of sp³-hybridized carbons (Fsp3) is 0.179. The number of halogens is 2. The molecule has 0 saturated carbocycles. The number of hydrogen-bond donors (Lipinski definition) is 1. The molecular formula is C28H24Cl2N2O4S2. The van der Waals surface area contributed by atoms with Crippen molar-refractivity contribution >= 4 is 80.8 Å². The van der Waals surface area contributed by atoms with Crippen LogP contribution in [0.4, 0.5) is 11.4 Å². The highest BCUT2D eigenvalue weighted by atomic mass is 35.5. The average Bonchev–Trinajstić information content (AvgIpc) is 3.17. The number of thiocarbonyl (C=S) groups is 1. The Hall–Kier alpha value is -3.04. The minimum Gasteiger partial charge on any atom is -0.493 e. The van der Waals surface area contributed by atoms with Gasteiger partial charge < -0.3 is 14.8 Å². The van der Waals surface area contributed by atoms with Gasteiger partial charge in [-0.05, 0) is 59.5 Å². The van der Waals surface area contributed by atoms with E-state index in [1.54, 1.807) is 42.5 Å². The maximum atomic E-state index is 13.1. The number of carbonyl (C=O) groups excluding carboxylic acids is 2. The van der Waals surface area contributed by atoms with Crippen LogP contribution in [-0.4, -0.2) is 29.9 Å². The van der Waals surface area contributed by atoms with Crippen molar-refractivity contribution in [2.45, 2.75) is 19.8 Å². The van der Waals surface area contributed by atoms with Crippen LogP contribution in [0.5, 0.6) is 11.5 Å². The summed E-state index contributed by atoms with van der Waals surface area (Å²) in [6.07, 6.45) is 1.72. The Labute approximate surface area is 240 Å². The van der Waals surface area contributed by atoms with Crippen molar-refractivity contribution in [3.8, 4) is 11.5 Å². The second kappa shape index (κ2) is 12.2. The minimum absolute atomic E-state index is 0.190. The highest BCUT2D eigenvalue weighted by molar-refractivity contribution is 8.27. The summed E-state index contributed by atoms with van der Waals surface area (Å²) in [6, 6.07) is 17.8. The summed E-state index contributed by atoms with van der Waals surface area (Å²) < 4.78 is 11.6. The molecule has 3 aromatic rings. The molecule has 10 heteroatoms. The van der Waals surface area contributed by atoms with Crippen LogP contribution in [0.25, 0.3) is 6.08 Å². The van der Waals surface area contributed by atoms with E-state index in [-0.39, 0.29) is 24.3 Å². The van der Waals surface area contributed by atoms with Crippen LogP contribution in [0.3, 0.4) is 0 Å². The number of rotatable bonds is 8. The Morgan fingerprint density at radius 2 is 1.84 bits per heavy atom. The summed E-state index contributed by atoms with van der Waals surface area (Å²) in [6.45, 7) is 3.95. The maximum Gasteiger partial charge on any atom is 0.270 e. The van der Waals surface area contributed by atoms with E-state index in [2.05, 4.69) is 19.2 Å². The molecule has 6 nitrogen and oxygen atoms in total. The Kier molecular flexibility index (Phi) is 8.99. The van der Waals surface area contributed by atoms with Gasteiger partial charge in [0.05, 0.1) is 27.7 Å². The standard InChI is InChI=1S/C28H24Cl2N2O4S2/c1-16(2)19-6-4-5-7-22(19)31-26(33)15-36-23-11-8-17(12-24(23)35-3)13-25-27(34)32(28(37)38-25)18-9-10-20(29)21(30)14-18/h4-14,16H,15H2,1-3H3,(H,31,33)/b25-13+. The Balaban J connectivity index is 1.46. The number of benzene rings is 3. The monoisotopic (exact) mass is 586 g/mol. The van der Waals surface area contributed by atoms with Crippen molar-refractivity contribution in [1.29, 1.82) is 0 Å². The second-order valence-corrected chi connectivity index (χ2v) is 11.1. The lowest BCUT2D eigenvalue weighted by Gasteiger charge is -2.15. The molecule has 1 aliphatic heterocycles. The molecule has 0 bridgehead atoms. The van der Waals surface area contributed by atoms with Crippen LogP contribution >= 0.6 is 47.2 Å². The number of ether oxygens (including phenoxy) is 2. The molecule has 38 heavy (non-hydrogen) atoms. The van der Waals surface area contributed by atoms with E-state index in [0.717, 1.165) is 11.3 Å². The zero-order chi connectivity index (χ0) is 27.4. The molecule has 4 rings (SSSR count). The van der Waals surface area contributed by atoms with E-state index >= 15 is 0 Å². The Morgan fingerprint density at radius 3 is 2.55 bits per heavy atom. The van der Waals surface area contributed by atoms with Gasteiger partial charge in [0.2, 0.25) is 0 Å². The third-order valence-electron chi connectivity index (χ3n) is 5.66. The van der Waals surface area contributed by atoms with Crippen molar-refractivity contribution in [3.63, 3.8) is 0 Å². The van der Waals surface area contributed by atoms with Crippen molar-refractivity contribution in [2.24, 2.45) is 0 Å². The molecule has 0 spiro atoms. The molecule has 0 radical (unpaired) electrons. The Morgan fingerprint density at radius 1 is 1.08 bits per heavy atom. The first kappa shape index (κ1) is 28.0. The molecule has 1 N–H and O–H groups in total. The molecule has 0 atom stereocenters. The van der Waals surface area contributed by atoms with Gasteiger partial charge in [0.1, 0.15) is 0 Å². The lowest BCUT2D eigenvalue weighted by molar-refractivity contribution is -0.118. The fourth-order valence-electron chi connectivity index (χ4n) is 3.80. The molecular weight excluding hydrogens is 563 g/mol. The topological polar surface area (TPSA) is 67.9 Å². The van der Waals surface area contributed by atoms with Gasteiger partial charge in [-0.3, -0.25) is 14.5 Å². The Bertz CT molecular complexity index is 1440. The number of para-hydroxylation sites is 1. The second-order valence-electron chi connectivity index (χ2n) is 8.60. The van der Waals surface area contributed by atoms with Gasteiger partial charge >= 0.3 is 0 Å². The number of methoxy groups -OCH3 is 1. The van der Waals surface area contributed by atoms with E-state index in [1.807, 2.05) is 24.3 Å². The zero-order valence-corrected chi connectivity index (χ0v) is 23.9. The van der Waals surface area contributed by atoms with Gasteiger partial charge in [0, 0.05) is 5.69 Å². The summed E-state index contributed by atoms with van der Waals surface area (Å²) in [5, 5.41) is 3.63. The first-order valence-electron chi connectivity index (χ1n) is 11.6. The molecule has 0 aromatic heterocycles. The van der Waals surface area contributed by atoms with Crippen molar-refractivity contribution in [1.82, 2.24) is 0 Å². The largest absolute Gasteiger partial charge is 0.493 e. The SMILES string of the molecule is COc1cc(/C=C2/SC(=S)N(c3ccc(Cl)c(Cl)c3)C2=O)ccc1OCC(=O)Nc1ccccc1C(C)C. The van der Waals surface area contributed by atoms with Crippen LogP contribution in [0, 0.1) is 0 Å². The van der Waals surface area contributed by atoms with Crippen molar-refractivity contribution in [2.75, 3.05) is 23.9 Å². The van der Waals surface area contributed by atoms with Gasteiger partial charge in [-0.1, -0.05) is 85.3 Å². The van der Waals surface area contributed by atoms with E-state index in [1.165, 1.54) is 23.8 Å². The molecule has 1 saturated heterocycles. The average molecular weight is 588 g/mol. The molecule has 1 aliphatic rings. The van der Waals surface area contributed by atoms with E-state index in [9.17, 15) is 9.59 Å². The molecule has 196 valence electrons. The predicted octanol–water partition coefficient (Wildman–Crippen LogP) is 7.55. The van der Waals surface area contributed by atoms with Gasteiger partial charge in [-0.25, -0.2) is 0 Å². The minimum atomic E-state index is -0.282. The number of nitrogens with zero attached hydrogens (tertiary/aromatic N) is 1. The third kappa shape index (κ3) is 6.32. The van der Waals surface area contributed by atoms with Gasteiger partial charge in [0.15, 0.2) is 22.4 Å². The number of hydrogen-bond acceptors (Lipinski definition) is 6. The number of carbonyl (C=O) groups is 2. The molecule has 2 amide bonds. The smallest absolute Gasteiger partial charge is 0.270 e. The zero-order valence-electron chi connectivity index (χ0n) is 20.8. The molecule has 0 unspecified atom stereocenters. The normalized spacial score (nSPS) is 14.4. The number of amides is 2.